The van der Waals surface area contributed by atoms with Crippen molar-refractivity contribution in [2.45, 2.75) is 19.5 Å². The van der Waals surface area contributed by atoms with E-state index in [0.29, 0.717) is 17.1 Å². The van der Waals surface area contributed by atoms with Crippen molar-refractivity contribution in [1.82, 2.24) is 20.1 Å². The van der Waals surface area contributed by atoms with E-state index in [0.717, 1.165) is 16.2 Å². The summed E-state index contributed by atoms with van der Waals surface area (Å²) in [5, 5.41) is 11.9. The van der Waals surface area contributed by atoms with E-state index in [1.807, 2.05) is 41.8 Å². The van der Waals surface area contributed by atoms with Gasteiger partial charge in [-0.2, -0.15) is 5.10 Å². The first-order valence-corrected chi connectivity index (χ1v) is 9.01. The fourth-order valence-electron chi connectivity index (χ4n) is 2.54. The number of nitrogens with zero attached hydrogens (tertiary/aromatic N) is 2. The maximum absolute atomic E-state index is 12.6. The molecule has 0 spiro atoms. The summed E-state index contributed by atoms with van der Waals surface area (Å²) >= 11 is 6.86. The highest BCUT2D eigenvalue weighted by molar-refractivity contribution is 7.71. The molecule has 8 heteroatoms. The molecule has 1 amide bonds. The van der Waals surface area contributed by atoms with Crippen LogP contribution in [0.2, 0.25) is 0 Å². The van der Waals surface area contributed by atoms with Crippen molar-refractivity contribution in [3.63, 3.8) is 0 Å². The van der Waals surface area contributed by atoms with Gasteiger partial charge < -0.3 is 10.1 Å². The molecule has 0 aliphatic carbocycles. The van der Waals surface area contributed by atoms with Crippen LogP contribution in [0.3, 0.4) is 0 Å². The standard InChI is InChI=1S/C17H18N4O2S2/c1-11(16(22)18-10-12-6-3-4-7-13(12)23-2)21-15(19-20-17(21)24)14-8-5-9-25-14/h3-9,11H,10H2,1-2H3,(H,18,22)(H,20,24)/t11-/m1/s1. The second kappa shape index (κ2) is 7.62. The lowest BCUT2D eigenvalue weighted by Crippen LogP contribution is -2.31. The third-order valence-electron chi connectivity index (χ3n) is 3.86. The summed E-state index contributed by atoms with van der Waals surface area (Å²) in [5.74, 6) is 1.27. The van der Waals surface area contributed by atoms with Crippen LogP contribution >= 0.6 is 23.6 Å². The Kier molecular flexibility index (Phi) is 5.30. The number of aromatic amines is 1. The number of ether oxygens (including phenoxy) is 1. The summed E-state index contributed by atoms with van der Waals surface area (Å²) in [6, 6.07) is 11.0. The van der Waals surface area contributed by atoms with Crippen LogP contribution < -0.4 is 10.1 Å². The first-order chi connectivity index (χ1) is 12.1. The molecule has 130 valence electrons. The molecule has 1 aromatic carbocycles. The minimum absolute atomic E-state index is 0.138. The molecule has 0 aliphatic heterocycles. The van der Waals surface area contributed by atoms with Crippen LogP contribution in [-0.2, 0) is 11.3 Å². The van der Waals surface area contributed by atoms with Gasteiger partial charge in [0.05, 0.1) is 12.0 Å². The summed E-state index contributed by atoms with van der Waals surface area (Å²) in [6.07, 6.45) is 0. The molecule has 0 unspecified atom stereocenters. The van der Waals surface area contributed by atoms with Crippen LogP contribution in [0.1, 0.15) is 18.5 Å². The number of para-hydroxylation sites is 1. The first-order valence-electron chi connectivity index (χ1n) is 7.72. The second-order valence-corrected chi connectivity index (χ2v) is 6.74. The van der Waals surface area contributed by atoms with Gasteiger partial charge in [0.25, 0.3) is 0 Å². The van der Waals surface area contributed by atoms with Gasteiger partial charge in [0.1, 0.15) is 11.8 Å². The Morgan fingerprint density at radius 2 is 2.20 bits per heavy atom. The topological polar surface area (TPSA) is 71.9 Å². The largest absolute Gasteiger partial charge is 0.496 e. The quantitative estimate of drug-likeness (QED) is 0.647. The van der Waals surface area contributed by atoms with Gasteiger partial charge in [0, 0.05) is 12.1 Å². The van der Waals surface area contributed by atoms with Gasteiger partial charge in [-0.1, -0.05) is 24.3 Å². The molecule has 2 heterocycles. The number of nitrogens with one attached hydrogen (secondary N) is 2. The molecule has 3 rings (SSSR count). The zero-order chi connectivity index (χ0) is 17.8. The molecule has 2 N–H and O–H groups in total. The third kappa shape index (κ3) is 3.64. The normalized spacial score (nSPS) is 11.9. The molecule has 6 nitrogen and oxygen atoms in total. The Morgan fingerprint density at radius 3 is 2.92 bits per heavy atom. The van der Waals surface area contributed by atoms with Crippen LogP contribution in [0.5, 0.6) is 5.75 Å². The molecule has 0 fully saturated rings. The molecule has 3 aromatic rings. The number of aromatic nitrogens is 3. The van der Waals surface area contributed by atoms with Crippen molar-refractivity contribution in [3.05, 3.63) is 52.1 Å². The van der Waals surface area contributed by atoms with Gasteiger partial charge in [-0.3, -0.25) is 14.5 Å². The van der Waals surface area contributed by atoms with E-state index in [4.69, 9.17) is 17.0 Å². The van der Waals surface area contributed by atoms with E-state index in [1.165, 1.54) is 0 Å². The number of hydrogen-bond donors (Lipinski definition) is 2. The molecule has 2 aromatic heterocycles. The average molecular weight is 374 g/mol. The van der Waals surface area contributed by atoms with Crippen molar-refractivity contribution in [2.24, 2.45) is 0 Å². The number of methoxy groups -OCH3 is 1. The lowest BCUT2D eigenvalue weighted by atomic mass is 10.2. The van der Waals surface area contributed by atoms with Crippen LogP contribution in [0.25, 0.3) is 10.7 Å². The highest BCUT2D eigenvalue weighted by Gasteiger charge is 2.21. The highest BCUT2D eigenvalue weighted by atomic mass is 32.1. The molecule has 1 atom stereocenters. The fourth-order valence-corrected chi connectivity index (χ4v) is 3.54. The predicted molar refractivity (Wildman–Crippen MR) is 100 cm³/mol. The molecule has 25 heavy (non-hydrogen) atoms. The van der Waals surface area contributed by atoms with Crippen molar-refractivity contribution in [3.8, 4) is 16.5 Å². The van der Waals surface area contributed by atoms with Crippen LogP contribution in [-0.4, -0.2) is 27.8 Å². The molecule has 0 aliphatic rings. The van der Waals surface area contributed by atoms with Gasteiger partial charge in [-0.05, 0) is 36.7 Å². The average Bonchev–Trinajstić information content (AvgIpc) is 3.28. The fraction of sp³-hybridized carbons (Fsp3) is 0.235. The lowest BCUT2D eigenvalue weighted by Gasteiger charge is -2.16. The van der Waals surface area contributed by atoms with Crippen molar-refractivity contribution in [1.29, 1.82) is 0 Å². The predicted octanol–water partition coefficient (Wildman–Crippen LogP) is 3.56. The third-order valence-corrected chi connectivity index (χ3v) is 5.01. The van der Waals surface area contributed by atoms with Crippen molar-refractivity contribution < 1.29 is 9.53 Å². The van der Waals surface area contributed by atoms with Gasteiger partial charge >= 0.3 is 0 Å². The number of thiophene rings is 1. The van der Waals surface area contributed by atoms with E-state index in [2.05, 4.69) is 15.5 Å². The van der Waals surface area contributed by atoms with E-state index < -0.39 is 6.04 Å². The lowest BCUT2D eigenvalue weighted by molar-refractivity contribution is -0.124. The van der Waals surface area contributed by atoms with Gasteiger partial charge in [-0.15, -0.1) is 11.3 Å². The van der Waals surface area contributed by atoms with E-state index >= 15 is 0 Å². The summed E-state index contributed by atoms with van der Waals surface area (Å²) in [7, 11) is 1.61. The number of carbonyl (C=O) groups is 1. The Labute approximate surface area is 154 Å². The SMILES string of the molecule is COc1ccccc1CNC(=O)[C@@H](C)n1c(-c2cccs2)n[nH]c1=S. The highest BCUT2D eigenvalue weighted by Crippen LogP contribution is 2.25. The van der Waals surface area contributed by atoms with Crippen LogP contribution in [0.15, 0.2) is 41.8 Å². The second-order valence-electron chi connectivity index (χ2n) is 5.41. The molecule has 0 bridgehead atoms. The Morgan fingerprint density at radius 1 is 1.40 bits per heavy atom. The monoisotopic (exact) mass is 374 g/mol. The summed E-state index contributed by atoms with van der Waals surface area (Å²) in [4.78, 5) is 13.6. The number of amides is 1. The summed E-state index contributed by atoms with van der Waals surface area (Å²) < 4.78 is 7.47. The van der Waals surface area contributed by atoms with Crippen molar-refractivity contribution >= 4 is 29.5 Å². The maximum atomic E-state index is 12.6. The number of rotatable bonds is 6. The van der Waals surface area contributed by atoms with Crippen LogP contribution in [0, 0.1) is 4.77 Å². The molecular weight excluding hydrogens is 356 g/mol. The smallest absolute Gasteiger partial charge is 0.243 e. The number of benzene rings is 1. The Hall–Kier alpha value is -2.45. The van der Waals surface area contributed by atoms with Gasteiger partial charge in [-0.25, -0.2) is 0 Å². The van der Waals surface area contributed by atoms with Crippen LogP contribution in [0.4, 0.5) is 0 Å². The molecule has 0 saturated heterocycles. The summed E-state index contributed by atoms with van der Waals surface area (Å²) in [5.41, 5.74) is 0.917. The maximum Gasteiger partial charge on any atom is 0.243 e. The summed E-state index contributed by atoms with van der Waals surface area (Å²) in [6.45, 7) is 2.19. The minimum Gasteiger partial charge on any atom is -0.496 e. The molecular formula is C17H18N4O2S2. The molecule has 0 saturated carbocycles. The number of hydrogen-bond acceptors (Lipinski definition) is 5. The van der Waals surface area contributed by atoms with E-state index in [9.17, 15) is 4.79 Å². The zero-order valence-electron chi connectivity index (χ0n) is 13.9. The van der Waals surface area contributed by atoms with Gasteiger partial charge in [0.15, 0.2) is 10.6 Å². The van der Waals surface area contributed by atoms with Crippen molar-refractivity contribution in [2.75, 3.05) is 7.11 Å². The number of H-pyrrole nitrogens is 1. The Balaban J connectivity index is 1.78. The zero-order valence-corrected chi connectivity index (χ0v) is 15.5. The van der Waals surface area contributed by atoms with Gasteiger partial charge in [0.2, 0.25) is 5.91 Å². The minimum atomic E-state index is -0.488. The van der Waals surface area contributed by atoms with E-state index in [1.54, 1.807) is 29.9 Å². The first kappa shape index (κ1) is 17.4. The Bertz CT molecular complexity index is 915. The van der Waals surface area contributed by atoms with E-state index in [-0.39, 0.29) is 5.91 Å². The number of carbonyl (C=O) groups excluding carboxylic acids is 1. The molecule has 0 radical (unpaired) electrons.